The molecule has 0 aliphatic heterocycles. The topological polar surface area (TPSA) is 80.5 Å². The first-order chi connectivity index (χ1) is 10.0. The lowest BCUT2D eigenvalue weighted by atomic mass is 10.3. The van der Waals surface area contributed by atoms with Gasteiger partial charge in [0, 0.05) is 25.7 Å². The van der Waals surface area contributed by atoms with Crippen molar-refractivity contribution in [2.45, 2.75) is 43.9 Å². The number of carboxylic acid groups (broad SMARTS) is 1. The van der Waals surface area contributed by atoms with Crippen LogP contribution in [-0.4, -0.2) is 57.9 Å². The Kier molecular flexibility index (Phi) is 5.46. The molecule has 0 spiro atoms. The molecule has 1 saturated carbocycles. The molecule has 0 atom stereocenters. The minimum absolute atomic E-state index is 0.00457. The van der Waals surface area contributed by atoms with Gasteiger partial charge in [0.1, 0.15) is 0 Å². The van der Waals surface area contributed by atoms with E-state index in [1.807, 2.05) is 0 Å². The van der Waals surface area contributed by atoms with E-state index in [2.05, 4.69) is 33.5 Å². The number of hydrogen-bond acceptors (Lipinski definition) is 6. The fourth-order valence-corrected chi connectivity index (χ4v) is 2.84. The van der Waals surface area contributed by atoms with Gasteiger partial charge in [0.2, 0.25) is 5.95 Å². The number of carbonyl (C=O) groups is 1. The van der Waals surface area contributed by atoms with Gasteiger partial charge in [-0.1, -0.05) is 11.8 Å². The van der Waals surface area contributed by atoms with Gasteiger partial charge in [0.05, 0.1) is 12.4 Å². The largest absolute Gasteiger partial charge is 0.481 e. The van der Waals surface area contributed by atoms with E-state index in [1.165, 1.54) is 11.8 Å². The van der Waals surface area contributed by atoms with E-state index in [9.17, 15) is 4.79 Å². The molecule has 118 valence electrons. The Morgan fingerprint density at radius 3 is 2.76 bits per heavy atom. The summed E-state index contributed by atoms with van der Waals surface area (Å²) in [6.45, 7) is 5.56. The first-order valence-corrected chi connectivity index (χ1v) is 8.08. The highest BCUT2D eigenvalue weighted by Crippen LogP contribution is 2.41. The van der Waals surface area contributed by atoms with Crippen molar-refractivity contribution in [3.8, 4) is 0 Å². The summed E-state index contributed by atoms with van der Waals surface area (Å²) >= 11 is 1.23. The molecule has 1 fully saturated rings. The third-order valence-electron chi connectivity index (χ3n) is 3.30. The van der Waals surface area contributed by atoms with Crippen LogP contribution in [0.4, 0.5) is 5.95 Å². The summed E-state index contributed by atoms with van der Waals surface area (Å²) in [6.07, 6.45) is 2.20. The second kappa shape index (κ2) is 7.13. The van der Waals surface area contributed by atoms with Gasteiger partial charge >= 0.3 is 5.97 Å². The van der Waals surface area contributed by atoms with E-state index in [4.69, 9.17) is 9.84 Å². The van der Waals surface area contributed by atoms with Crippen molar-refractivity contribution in [1.29, 1.82) is 0 Å². The Morgan fingerprint density at radius 1 is 1.52 bits per heavy atom. The number of nitrogens with zero attached hydrogens (tertiary/aromatic N) is 4. The zero-order valence-electron chi connectivity index (χ0n) is 12.7. The third-order valence-corrected chi connectivity index (χ3v) is 4.23. The molecule has 7 nitrogen and oxygen atoms in total. The summed E-state index contributed by atoms with van der Waals surface area (Å²) in [5.41, 5.74) is 0. The maximum atomic E-state index is 10.8. The molecule has 2 rings (SSSR count). The first kappa shape index (κ1) is 16.1. The van der Waals surface area contributed by atoms with Gasteiger partial charge in [0.15, 0.2) is 5.16 Å². The number of rotatable bonds is 9. The van der Waals surface area contributed by atoms with E-state index in [1.54, 1.807) is 7.11 Å². The Labute approximate surface area is 128 Å². The van der Waals surface area contributed by atoms with Crippen molar-refractivity contribution in [2.75, 3.05) is 30.9 Å². The summed E-state index contributed by atoms with van der Waals surface area (Å²) in [4.78, 5) is 12.9. The fraction of sp³-hybridized carbons (Fsp3) is 0.769. The Balaban J connectivity index is 2.22. The Morgan fingerprint density at radius 2 is 2.24 bits per heavy atom. The molecule has 1 aromatic rings. The van der Waals surface area contributed by atoms with Crippen molar-refractivity contribution < 1.29 is 14.6 Å². The van der Waals surface area contributed by atoms with Crippen LogP contribution < -0.4 is 4.90 Å². The van der Waals surface area contributed by atoms with Crippen molar-refractivity contribution in [3.63, 3.8) is 0 Å². The van der Waals surface area contributed by atoms with Gasteiger partial charge in [0.25, 0.3) is 0 Å². The molecule has 0 amide bonds. The van der Waals surface area contributed by atoms with Crippen LogP contribution in [0.15, 0.2) is 5.16 Å². The number of methoxy groups -OCH3 is 1. The SMILES string of the molecule is COCCN(c1nnc(SCC(=O)O)n1C1CC1)C(C)C. The minimum atomic E-state index is -0.841. The molecule has 1 aromatic heterocycles. The van der Waals surface area contributed by atoms with Gasteiger partial charge in [-0.25, -0.2) is 0 Å². The first-order valence-electron chi connectivity index (χ1n) is 7.09. The molecule has 0 saturated heterocycles. The summed E-state index contributed by atoms with van der Waals surface area (Å²) in [7, 11) is 1.68. The van der Waals surface area contributed by atoms with Crippen LogP contribution >= 0.6 is 11.8 Å². The minimum Gasteiger partial charge on any atom is -0.481 e. The molecule has 1 heterocycles. The van der Waals surface area contributed by atoms with Crippen LogP contribution in [-0.2, 0) is 9.53 Å². The second-order valence-electron chi connectivity index (χ2n) is 5.35. The van der Waals surface area contributed by atoms with E-state index in [0.717, 1.165) is 25.3 Å². The number of carboxylic acids is 1. The molecule has 0 bridgehead atoms. The third kappa shape index (κ3) is 4.10. The lowest BCUT2D eigenvalue weighted by molar-refractivity contribution is -0.133. The highest BCUT2D eigenvalue weighted by molar-refractivity contribution is 7.99. The van der Waals surface area contributed by atoms with Crippen LogP contribution in [0.3, 0.4) is 0 Å². The molecule has 1 aliphatic rings. The molecule has 1 aliphatic carbocycles. The molecular weight excluding hydrogens is 292 g/mol. The zero-order chi connectivity index (χ0) is 15.4. The molecule has 0 radical (unpaired) electrons. The fourth-order valence-electron chi connectivity index (χ4n) is 2.12. The van der Waals surface area contributed by atoms with Crippen LogP contribution in [0, 0.1) is 0 Å². The van der Waals surface area contributed by atoms with Gasteiger partial charge in [-0.2, -0.15) is 0 Å². The predicted molar refractivity (Wildman–Crippen MR) is 81.0 cm³/mol. The van der Waals surface area contributed by atoms with Gasteiger partial charge in [-0.15, -0.1) is 10.2 Å². The summed E-state index contributed by atoms with van der Waals surface area (Å²) in [6, 6.07) is 0.675. The van der Waals surface area contributed by atoms with Crippen LogP contribution in [0.2, 0.25) is 0 Å². The molecule has 8 heteroatoms. The van der Waals surface area contributed by atoms with Crippen molar-refractivity contribution >= 4 is 23.7 Å². The lowest BCUT2D eigenvalue weighted by Crippen LogP contribution is -2.36. The molecule has 21 heavy (non-hydrogen) atoms. The van der Waals surface area contributed by atoms with Gasteiger partial charge in [-0.05, 0) is 26.7 Å². The predicted octanol–water partition coefficient (Wildman–Crippen LogP) is 1.65. The van der Waals surface area contributed by atoms with Gasteiger partial charge < -0.3 is 14.7 Å². The van der Waals surface area contributed by atoms with Crippen molar-refractivity contribution in [2.24, 2.45) is 0 Å². The average Bonchev–Trinajstić information content (AvgIpc) is 3.18. The van der Waals surface area contributed by atoms with Crippen molar-refractivity contribution in [3.05, 3.63) is 0 Å². The highest BCUT2D eigenvalue weighted by Gasteiger charge is 2.32. The zero-order valence-corrected chi connectivity index (χ0v) is 13.5. The van der Waals surface area contributed by atoms with Crippen LogP contribution in [0.25, 0.3) is 0 Å². The second-order valence-corrected chi connectivity index (χ2v) is 6.29. The maximum Gasteiger partial charge on any atom is 0.313 e. The monoisotopic (exact) mass is 314 g/mol. The molecule has 0 unspecified atom stereocenters. The molecule has 1 N–H and O–H groups in total. The van der Waals surface area contributed by atoms with Crippen molar-refractivity contribution in [1.82, 2.24) is 14.8 Å². The molecular formula is C13H22N4O3S. The van der Waals surface area contributed by atoms with E-state index >= 15 is 0 Å². The number of anilines is 1. The van der Waals surface area contributed by atoms with E-state index < -0.39 is 5.97 Å². The highest BCUT2D eigenvalue weighted by atomic mass is 32.2. The Hall–Kier alpha value is -1.28. The maximum absolute atomic E-state index is 10.8. The smallest absolute Gasteiger partial charge is 0.313 e. The summed E-state index contributed by atoms with van der Waals surface area (Å²) in [5.74, 6) is -0.0191. The van der Waals surface area contributed by atoms with Crippen LogP contribution in [0.5, 0.6) is 0 Å². The lowest BCUT2D eigenvalue weighted by Gasteiger charge is -2.27. The van der Waals surface area contributed by atoms with Gasteiger partial charge in [-0.3, -0.25) is 9.36 Å². The quantitative estimate of drug-likeness (QED) is 0.694. The molecule has 0 aromatic carbocycles. The number of aromatic nitrogens is 3. The number of thioether (sulfide) groups is 1. The van der Waals surface area contributed by atoms with Crippen LogP contribution in [0.1, 0.15) is 32.7 Å². The number of hydrogen-bond donors (Lipinski definition) is 1. The Bertz CT molecular complexity index is 488. The van der Waals surface area contributed by atoms with E-state index in [-0.39, 0.29) is 11.8 Å². The van der Waals surface area contributed by atoms with E-state index in [0.29, 0.717) is 17.8 Å². The average molecular weight is 314 g/mol. The normalized spacial score (nSPS) is 14.7. The standard InChI is InChI=1S/C13H22N4O3S/c1-9(2)16(6-7-20-3)12-14-15-13(21-8-11(18)19)17(12)10-4-5-10/h9-10H,4-8H2,1-3H3,(H,18,19). The number of ether oxygens (including phenoxy) is 1. The number of aliphatic carboxylic acids is 1. The summed E-state index contributed by atoms with van der Waals surface area (Å²) < 4.78 is 7.25. The summed E-state index contributed by atoms with van der Waals surface area (Å²) in [5, 5.41) is 18.0.